The summed E-state index contributed by atoms with van der Waals surface area (Å²) >= 11 is 0. The Labute approximate surface area is 128 Å². The van der Waals surface area contributed by atoms with Gasteiger partial charge in [0.2, 0.25) is 0 Å². The van der Waals surface area contributed by atoms with E-state index in [1.165, 1.54) is 11.1 Å². The fourth-order valence-corrected chi connectivity index (χ4v) is 2.40. The van der Waals surface area contributed by atoms with Crippen LogP contribution in [-0.4, -0.2) is 44.3 Å². The summed E-state index contributed by atoms with van der Waals surface area (Å²) in [6.07, 6.45) is 4.92. The summed E-state index contributed by atoms with van der Waals surface area (Å²) in [6, 6.07) is 9.88. The number of rotatable bonds is 6. The number of nitrogens with zero attached hydrogens (tertiary/aromatic N) is 3. The van der Waals surface area contributed by atoms with Crippen molar-refractivity contribution in [2.24, 2.45) is 0 Å². The van der Waals surface area contributed by atoms with E-state index in [-0.39, 0.29) is 18.5 Å². The summed E-state index contributed by atoms with van der Waals surface area (Å²) in [5.74, 6) is -1.25. The molecule has 1 aromatic carbocycles. The minimum Gasteiger partial charge on any atom is -0.480 e. The van der Waals surface area contributed by atoms with Gasteiger partial charge in [-0.3, -0.25) is 14.3 Å². The number of benzene rings is 1. The van der Waals surface area contributed by atoms with Crippen LogP contribution in [0, 0.1) is 0 Å². The fourth-order valence-electron chi connectivity index (χ4n) is 2.40. The molecule has 1 aromatic heterocycles. The van der Waals surface area contributed by atoms with E-state index in [9.17, 15) is 9.59 Å². The van der Waals surface area contributed by atoms with E-state index in [1.807, 2.05) is 30.3 Å². The second-order valence-electron chi connectivity index (χ2n) is 5.47. The van der Waals surface area contributed by atoms with Gasteiger partial charge in [-0.1, -0.05) is 30.3 Å². The first kappa shape index (κ1) is 14.3. The molecular formula is C16H17N3O3. The van der Waals surface area contributed by atoms with E-state index in [4.69, 9.17) is 5.11 Å². The van der Waals surface area contributed by atoms with E-state index in [1.54, 1.807) is 10.9 Å². The monoisotopic (exact) mass is 299 g/mol. The van der Waals surface area contributed by atoms with Crippen molar-refractivity contribution < 1.29 is 14.7 Å². The second kappa shape index (κ2) is 6.01. The minimum atomic E-state index is -0.989. The smallest absolute Gasteiger partial charge is 0.323 e. The maximum Gasteiger partial charge on any atom is 0.323 e. The SMILES string of the molecule is O=C(O)CN(C(=O)c1cnn(Cc2ccccc2)c1)C1CC1. The van der Waals surface area contributed by atoms with Crippen molar-refractivity contribution >= 4 is 11.9 Å². The maximum atomic E-state index is 12.4. The van der Waals surface area contributed by atoms with Crippen molar-refractivity contribution in [2.45, 2.75) is 25.4 Å². The lowest BCUT2D eigenvalue weighted by atomic mass is 10.2. The summed E-state index contributed by atoms with van der Waals surface area (Å²) in [5.41, 5.74) is 1.53. The average Bonchev–Trinajstić information content (AvgIpc) is 3.24. The zero-order valence-electron chi connectivity index (χ0n) is 12.1. The Kier molecular flexibility index (Phi) is 3.91. The van der Waals surface area contributed by atoms with Crippen LogP contribution in [0.1, 0.15) is 28.8 Å². The highest BCUT2D eigenvalue weighted by atomic mass is 16.4. The molecule has 6 heteroatoms. The molecule has 0 saturated heterocycles. The number of carboxylic acids is 1. The number of aliphatic carboxylic acids is 1. The van der Waals surface area contributed by atoms with E-state index in [2.05, 4.69) is 5.10 Å². The molecule has 1 fully saturated rings. The standard InChI is InChI=1S/C16H17N3O3/c20-15(21)11-19(14-6-7-14)16(22)13-8-17-18(10-13)9-12-4-2-1-3-5-12/h1-5,8,10,14H,6-7,9,11H2,(H,20,21). The highest BCUT2D eigenvalue weighted by molar-refractivity contribution is 5.95. The highest BCUT2D eigenvalue weighted by Gasteiger charge is 2.34. The van der Waals surface area contributed by atoms with Crippen molar-refractivity contribution in [3.8, 4) is 0 Å². The van der Waals surface area contributed by atoms with Crippen molar-refractivity contribution in [3.63, 3.8) is 0 Å². The van der Waals surface area contributed by atoms with Gasteiger partial charge in [0.25, 0.3) is 5.91 Å². The first-order chi connectivity index (χ1) is 10.6. The molecule has 3 rings (SSSR count). The number of hydrogen-bond donors (Lipinski definition) is 1. The number of hydrogen-bond acceptors (Lipinski definition) is 3. The lowest BCUT2D eigenvalue weighted by Crippen LogP contribution is -2.37. The molecule has 1 aliphatic carbocycles. The van der Waals surface area contributed by atoms with Crippen LogP contribution in [0.2, 0.25) is 0 Å². The van der Waals surface area contributed by atoms with Gasteiger partial charge in [0, 0.05) is 12.2 Å². The normalized spacial score (nSPS) is 13.8. The molecule has 1 N–H and O–H groups in total. The number of aromatic nitrogens is 2. The molecule has 6 nitrogen and oxygen atoms in total. The van der Waals surface area contributed by atoms with Gasteiger partial charge in [-0.05, 0) is 18.4 Å². The second-order valence-corrected chi connectivity index (χ2v) is 5.47. The van der Waals surface area contributed by atoms with Gasteiger partial charge in [-0.15, -0.1) is 0 Å². The van der Waals surface area contributed by atoms with Crippen molar-refractivity contribution in [1.82, 2.24) is 14.7 Å². The Bertz CT molecular complexity index is 677. The Hall–Kier alpha value is -2.63. The topological polar surface area (TPSA) is 75.4 Å². The van der Waals surface area contributed by atoms with Gasteiger partial charge < -0.3 is 10.0 Å². The van der Waals surface area contributed by atoms with Crippen molar-refractivity contribution in [3.05, 3.63) is 53.9 Å². The molecule has 0 unspecified atom stereocenters. The van der Waals surface area contributed by atoms with Crippen LogP contribution in [0.3, 0.4) is 0 Å². The number of carbonyl (C=O) groups excluding carboxylic acids is 1. The molecule has 1 amide bonds. The van der Waals surface area contributed by atoms with Gasteiger partial charge in [-0.25, -0.2) is 0 Å². The van der Waals surface area contributed by atoms with Gasteiger partial charge in [0.15, 0.2) is 0 Å². The highest BCUT2D eigenvalue weighted by Crippen LogP contribution is 2.28. The van der Waals surface area contributed by atoms with E-state index in [0.29, 0.717) is 12.1 Å². The van der Waals surface area contributed by atoms with Crippen LogP contribution < -0.4 is 0 Å². The molecule has 1 aliphatic rings. The fraction of sp³-hybridized carbons (Fsp3) is 0.312. The molecule has 0 spiro atoms. The first-order valence-corrected chi connectivity index (χ1v) is 7.22. The molecule has 22 heavy (non-hydrogen) atoms. The number of carbonyl (C=O) groups is 2. The van der Waals surface area contributed by atoms with Gasteiger partial charge in [0.1, 0.15) is 6.54 Å². The summed E-state index contributed by atoms with van der Waals surface area (Å²) in [7, 11) is 0. The summed E-state index contributed by atoms with van der Waals surface area (Å²) in [5, 5.41) is 13.1. The zero-order valence-corrected chi connectivity index (χ0v) is 12.1. The third-order valence-corrected chi connectivity index (χ3v) is 3.62. The lowest BCUT2D eigenvalue weighted by molar-refractivity contribution is -0.137. The van der Waals surface area contributed by atoms with Gasteiger partial charge >= 0.3 is 5.97 Å². The molecule has 2 aromatic rings. The van der Waals surface area contributed by atoms with Crippen molar-refractivity contribution in [2.75, 3.05) is 6.54 Å². The summed E-state index contributed by atoms with van der Waals surface area (Å²) in [4.78, 5) is 24.8. The van der Waals surface area contributed by atoms with Crippen LogP contribution >= 0.6 is 0 Å². The molecular weight excluding hydrogens is 282 g/mol. The van der Waals surface area contributed by atoms with E-state index < -0.39 is 5.97 Å². The third-order valence-electron chi connectivity index (χ3n) is 3.62. The van der Waals surface area contributed by atoms with Crippen LogP contribution in [0.5, 0.6) is 0 Å². The molecule has 1 saturated carbocycles. The molecule has 0 atom stereocenters. The third kappa shape index (κ3) is 3.33. The van der Waals surface area contributed by atoms with Crippen LogP contribution in [0.4, 0.5) is 0 Å². The predicted molar refractivity (Wildman–Crippen MR) is 79.5 cm³/mol. The van der Waals surface area contributed by atoms with E-state index in [0.717, 1.165) is 18.4 Å². The van der Waals surface area contributed by atoms with Crippen LogP contribution in [0.25, 0.3) is 0 Å². The zero-order chi connectivity index (χ0) is 15.5. The summed E-state index contributed by atoms with van der Waals surface area (Å²) in [6.45, 7) is 0.323. The molecule has 114 valence electrons. The van der Waals surface area contributed by atoms with Crippen molar-refractivity contribution in [1.29, 1.82) is 0 Å². The number of carboxylic acid groups (broad SMARTS) is 1. The number of amides is 1. The Morgan fingerprint density at radius 1 is 1.27 bits per heavy atom. The van der Waals surface area contributed by atoms with Crippen LogP contribution in [-0.2, 0) is 11.3 Å². The Morgan fingerprint density at radius 3 is 2.64 bits per heavy atom. The molecule has 1 heterocycles. The average molecular weight is 299 g/mol. The maximum absolute atomic E-state index is 12.4. The molecule has 0 aliphatic heterocycles. The van der Waals surface area contributed by atoms with Gasteiger partial charge in [0.05, 0.1) is 18.3 Å². The van der Waals surface area contributed by atoms with Crippen LogP contribution in [0.15, 0.2) is 42.7 Å². The molecule has 0 radical (unpaired) electrons. The minimum absolute atomic E-state index is 0.0565. The largest absolute Gasteiger partial charge is 0.480 e. The first-order valence-electron chi connectivity index (χ1n) is 7.22. The van der Waals surface area contributed by atoms with E-state index >= 15 is 0 Å². The Morgan fingerprint density at radius 2 is 2.00 bits per heavy atom. The quantitative estimate of drug-likeness (QED) is 0.879. The lowest BCUT2D eigenvalue weighted by Gasteiger charge is -2.19. The predicted octanol–water partition coefficient (Wildman–Crippen LogP) is 1.62. The summed E-state index contributed by atoms with van der Waals surface area (Å²) < 4.78 is 1.69. The van der Waals surface area contributed by atoms with Gasteiger partial charge in [-0.2, -0.15) is 5.10 Å². The molecule has 0 bridgehead atoms. The Balaban J connectivity index is 1.72.